The van der Waals surface area contributed by atoms with Crippen molar-refractivity contribution in [1.82, 2.24) is 4.98 Å². The minimum Gasteiger partial charge on any atom is -0.497 e. The Bertz CT molecular complexity index is 1360. The summed E-state index contributed by atoms with van der Waals surface area (Å²) in [6.45, 7) is -0.302. The van der Waals surface area contributed by atoms with Gasteiger partial charge in [-0.15, -0.1) is 0 Å². The molecule has 1 heterocycles. The van der Waals surface area contributed by atoms with Crippen molar-refractivity contribution < 1.29 is 28.2 Å². The third-order valence-corrected chi connectivity index (χ3v) is 5.11. The molecule has 0 aliphatic rings. The second kappa shape index (κ2) is 9.99. The number of amides is 1. The van der Waals surface area contributed by atoms with Gasteiger partial charge < -0.3 is 19.5 Å². The monoisotopic (exact) mass is 460 g/mol. The number of hydrogen-bond acceptors (Lipinski definition) is 6. The number of methoxy groups -OCH3 is 2. The number of anilines is 1. The first kappa shape index (κ1) is 22.7. The fourth-order valence-corrected chi connectivity index (χ4v) is 3.34. The maximum Gasteiger partial charge on any atom is 0.343 e. The number of carbonyl (C=O) groups is 2. The molecule has 172 valence electrons. The summed E-state index contributed by atoms with van der Waals surface area (Å²) >= 11 is 0. The number of fused-ring (bicyclic) bond motifs is 1. The normalized spacial score (nSPS) is 10.6. The first-order valence-electron chi connectivity index (χ1n) is 10.3. The molecule has 8 heteroatoms. The number of hydrogen-bond donors (Lipinski definition) is 1. The van der Waals surface area contributed by atoms with Gasteiger partial charge in [0.05, 0.1) is 31.0 Å². The average molecular weight is 460 g/mol. The smallest absolute Gasteiger partial charge is 0.343 e. The molecule has 34 heavy (non-hydrogen) atoms. The predicted octanol–water partition coefficient (Wildman–Crippen LogP) is 4.85. The van der Waals surface area contributed by atoms with Crippen LogP contribution < -0.4 is 14.8 Å². The SMILES string of the molecule is COC(=O)COc1cc(-c2ccc(OC)cc2)nc2ccc(NC(=O)c3ccccc3F)cc12. The zero-order valence-electron chi connectivity index (χ0n) is 18.5. The molecular formula is C26H21FN2O5. The summed E-state index contributed by atoms with van der Waals surface area (Å²) in [5.74, 6) is -0.656. The maximum atomic E-state index is 14.0. The van der Waals surface area contributed by atoms with Crippen LogP contribution in [-0.4, -0.2) is 37.7 Å². The van der Waals surface area contributed by atoms with Crippen molar-refractivity contribution in [2.75, 3.05) is 26.1 Å². The van der Waals surface area contributed by atoms with Crippen LogP contribution in [0.2, 0.25) is 0 Å². The molecule has 4 rings (SSSR count). The first-order chi connectivity index (χ1) is 16.5. The molecule has 0 saturated heterocycles. The first-order valence-corrected chi connectivity index (χ1v) is 10.3. The third kappa shape index (κ3) is 4.96. The van der Waals surface area contributed by atoms with Gasteiger partial charge in [0, 0.05) is 22.7 Å². The highest BCUT2D eigenvalue weighted by Crippen LogP contribution is 2.32. The summed E-state index contributed by atoms with van der Waals surface area (Å²) < 4.78 is 29.6. The van der Waals surface area contributed by atoms with Crippen molar-refractivity contribution in [2.45, 2.75) is 0 Å². The topological polar surface area (TPSA) is 86.8 Å². The second-order valence-electron chi connectivity index (χ2n) is 7.26. The third-order valence-electron chi connectivity index (χ3n) is 5.11. The van der Waals surface area contributed by atoms with Crippen LogP contribution in [0.5, 0.6) is 11.5 Å². The van der Waals surface area contributed by atoms with Crippen LogP contribution in [-0.2, 0) is 9.53 Å². The molecule has 0 fully saturated rings. The molecule has 3 aromatic carbocycles. The molecule has 1 amide bonds. The fourth-order valence-electron chi connectivity index (χ4n) is 3.34. The standard InChI is InChI=1S/C26H21FN2O5/c1-32-18-10-7-16(8-11-18)23-14-24(34-15-25(30)33-2)20-13-17(9-12-22(20)29-23)28-26(31)19-5-3-4-6-21(19)27/h3-14H,15H2,1-2H3,(H,28,31). The van der Waals surface area contributed by atoms with E-state index in [-0.39, 0.29) is 12.2 Å². The minimum atomic E-state index is -0.617. The van der Waals surface area contributed by atoms with Crippen molar-refractivity contribution in [2.24, 2.45) is 0 Å². The number of esters is 1. The van der Waals surface area contributed by atoms with Crippen LogP contribution in [0.3, 0.4) is 0 Å². The van der Waals surface area contributed by atoms with Crippen LogP contribution in [0.1, 0.15) is 10.4 Å². The van der Waals surface area contributed by atoms with Crippen LogP contribution in [0, 0.1) is 5.82 Å². The Hall–Kier alpha value is -4.46. The number of nitrogens with zero attached hydrogens (tertiary/aromatic N) is 1. The van der Waals surface area contributed by atoms with Crippen LogP contribution in [0.25, 0.3) is 22.2 Å². The number of pyridine rings is 1. The Morgan fingerprint density at radius 3 is 2.44 bits per heavy atom. The number of benzene rings is 3. The van der Waals surface area contributed by atoms with E-state index in [2.05, 4.69) is 10.1 Å². The molecule has 0 atom stereocenters. The lowest BCUT2D eigenvalue weighted by Crippen LogP contribution is -2.14. The van der Waals surface area contributed by atoms with Gasteiger partial charge in [-0.25, -0.2) is 14.2 Å². The molecule has 7 nitrogen and oxygen atoms in total. The van der Waals surface area contributed by atoms with E-state index >= 15 is 0 Å². The van der Waals surface area contributed by atoms with E-state index in [4.69, 9.17) is 14.5 Å². The van der Waals surface area contributed by atoms with E-state index in [9.17, 15) is 14.0 Å². The van der Waals surface area contributed by atoms with E-state index in [0.29, 0.717) is 33.8 Å². The number of rotatable bonds is 7. The number of carbonyl (C=O) groups excluding carboxylic acids is 2. The molecule has 4 aromatic rings. The molecule has 0 unspecified atom stereocenters. The highest BCUT2D eigenvalue weighted by Gasteiger charge is 2.15. The lowest BCUT2D eigenvalue weighted by Gasteiger charge is -2.13. The molecule has 1 aromatic heterocycles. The van der Waals surface area contributed by atoms with Gasteiger partial charge in [0.1, 0.15) is 17.3 Å². The maximum absolute atomic E-state index is 14.0. The molecule has 0 aliphatic heterocycles. The molecule has 1 N–H and O–H groups in total. The van der Waals surface area contributed by atoms with Crippen molar-refractivity contribution in [3.63, 3.8) is 0 Å². The zero-order valence-corrected chi connectivity index (χ0v) is 18.5. The summed E-state index contributed by atoms with van der Waals surface area (Å²) in [6.07, 6.45) is 0. The quantitative estimate of drug-likeness (QED) is 0.397. The van der Waals surface area contributed by atoms with E-state index in [0.717, 1.165) is 5.56 Å². The van der Waals surface area contributed by atoms with Gasteiger partial charge in [-0.3, -0.25) is 4.79 Å². The Labute approximate surface area is 195 Å². The van der Waals surface area contributed by atoms with E-state index < -0.39 is 17.7 Å². The number of nitrogens with one attached hydrogen (secondary N) is 1. The summed E-state index contributed by atoms with van der Waals surface area (Å²) in [6, 6.07) is 19.8. The molecule has 0 spiro atoms. The van der Waals surface area contributed by atoms with Crippen LogP contribution >= 0.6 is 0 Å². The van der Waals surface area contributed by atoms with E-state index in [1.54, 1.807) is 37.4 Å². The Kier molecular flexibility index (Phi) is 6.68. The van der Waals surface area contributed by atoms with Crippen molar-refractivity contribution in [3.8, 4) is 22.8 Å². The fraction of sp³-hybridized carbons (Fsp3) is 0.115. The van der Waals surface area contributed by atoms with Gasteiger partial charge in [0.15, 0.2) is 6.61 Å². The van der Waals surface area contributed by atoms with Gasteiger partial charge in [-0.05, 0) is 54.6 Å². The number of aromatic nitrogens is 1. The molecule has 0 aliphatic carbocycles. The van der Waals surface area contributed by atoms with Crippen molar-refractivity contribution >= 4 is 28.5 Å². The van der Waals surface area contributed by atoms with Gasteiger partial charge in [0.2, 0.25) is 0 Å². The van der Waals surface area contributed by atoms with Crippen molar-refractivity contribution in [3.05, 3.63) is 84.2 Å². The molecule has 0 radical (unpaired) electrons. The average Bonchev–Trinajstić information content (AvgIpc) is 2.87. The zero-order chi connectivity index (χ0) is 24.1. The summed E-state index contributed by atoms with van der Waals surface area (Å²) in [5.41, 5.74) is 2.37. The van der Waals surface area contributed by atoms with Gasteiger partial charge in [-0.1, -0.05) is 12.1 Å². The van der Waals surface area contributed by atoms with Gasteiger partial charge in [-0.2, -0.15) is 0 Å². The summed E-state index contributed by atoms with van der Waals surface area (Å²) in [5, 5.41) is 3.25. The Morgan fingerprint density at radius 1 is 0.971 bits per heavy atom. The van der Waals surface area contributed by atoms with Gasteiger partial charge >= 0.3 is 5.97 Å². The second-order valence-corrected chi connectivity index (χ2v) is 7.26. The highest BCUT2D eigenvalue weighted by molar-refractivity contribution is 6.05. The Balaban J connectivity index is 1.72. The number of ether oxygens (including phenoxy) is 3. The van der Waals surface area contributed by atoms with Crippen LogP contribution in [0.15, 0.2) is 72.8 Å². The molecular weight excluding hydrogens is 439 g/mol. The molecule has 0 bridgehead atoms. The van der Waals surface area contributed by atoms with E-state index in [1.807, 2.05) is 24.3 Å². The van der Waals surface area contributed by atoms with Gasteiger partial charge in [0.25, 0.3) is 5.91 Å². The lowest BCUT2D eigenvalue weighted by molar-refractivity contribution is -0.142. The highest BCUT2D eigenvalue weighted by atomic mass is 19.1. The number of halogens is 1. The minimum absolute atomic E-state index is 0.0715. The summed E-state index contributed by atoms with van der Waals surface area (Å²) in [4.78, 5) is 28.9. The molecule has 0 saturated carbocycles. The van der Waals surface area contributed by atoms with Crippen LogP contribution in [0.4, 0.5) is 10.1 Å². The largest absolute Gasteiger partial charge is 0.497 e. The van der Waals surface area contributed by atoms with E-state index in [1.165, 1.54) is 25.3 Å². The van der Waals surface area contributed by atoms with Crippen molar-refractivity contribution in [1.29, 1.82) is 0 Å². The lowest BCUT2D eigenvalue weighted by atomic mass is 10.1. The predicted molar refractivity (Wildman–Crippen MR) is 126 cm³/mol. The Morgan fingerprint density at radius 2 is 1.74 bits per heavy atom. The summed E-state index contributed by atoms with van der Waals surface area (Å²) in [7, 11) is 2.86.